The van der Waals surface area contributed by atoms with Gasteiger partial charge in [-0.3, -0.25) is 0 Å². The van der Waals surface area contributed by atoms with Crippen molar-refractivity contribution < 1.29 is 4.74 Å². The standard InChI is InChI=1S/C11H19NOS/c1-3-4-5-6-9(12)11-10(13-2)7-8-14-11/h7-9H,3-6,12H2,1-2H3. The van der Waals surface area contributed by atoms with Gasteiger partial charge in [-0.1, -0.05) is 26.2 Å². The quantitative estimate of drug-likeness (QED) is 0.736. The van der Waals surface area contributed by atoms with Crippen LogP contribution in [0.25, 0.3) is 0 Å². The van der Waals surface area contributed by atoms with Crippen LogP contribution >= 0.6 is 11.3 Å². The number of rotatable bonds is 6. The van der Waals surface area contributed by atoms with Crippen molar-refractivity contribution >= 4 is 11.3 Å². The zero-order valence-electron chi connectivity index (χ0n) is 8.95. The first-order chi connectivity index (χ1) is 6.79. The normalized spacial score (nSPS) is 12.8. The molecule has 1 atom stereocenters. The van der Waals surface area contributed by atoms with Gasteiger partial charge in [0.05, 0.1) is 12.0 Å². The number of unbranched alkanes of at least 4 members (excludes halogenated alkanes) is 2. The van der Waals surface area contributed by atoms with Crippen LogP contribution in [-0.4, -0.2) is 7.11 Å². The Balaban J connectivity index is 2.47. The highest BCUT2D eigenvalue weighted by Gasteiger charge is 2.12. The lowest BCUT2D eigenvalue weighted by molar-refractivity contribution is 0.407. The summed E-state index contributed by atoms with van der Waals surface area (Å²) in [4.78, 5) is 1.18. The molecule has 1 heterocycles. The number of thiophene rings is 1. The van der Waals surface area contributed by atoms with Crippen LogP contribution in [0.5, 0.6) is 5.75 Å². The first-order valence-corrected chi connectivity index (χ1v) is 6.04. The third-order valence-electron chi connectivity index (χ3n) is 2.33. The lowest BCUT2D eigenvalue weighted by atomic mass is 10.1. The highest BCUT2D eigenvalue weighted by molar-refractivity contribution is 7.10. The smallest absolute Gasteiger partial charge is 0.134 e. The highest BCUT2D eigenvalue weighted by Crippen LogP contribution is 2.31. The number of hydrogen-bond donors (Lipinski definition) is 1. The van der Waals surface area contributed by atoms with Gasteiger partial charge < -0.3 is 10.5 Å². The number of ether oxygens (including phenoxy) is 1. The van der Waals surface area contributed by atoms with Gasteiger partial charge in [-0.15, -0.1) is 11.3 Å². The summed E-state index contributed by atoms with van der Waals surface area (Å²) >= 11 is 1.69. The molecule has 0 saturated carbocycles. The predicted molar refractivity (Wildman–Crippen MR) is 61.9 cm³/mol. The van der Waals surface area contributed by atoms with E-state index in [-0.39, 0.29) is 6.04 Å². The second-order valence-electron chi connectivity index (χ2n) is 3.46. The third kappa shape index (κ3) is 3.00. The number of nitrogens with two attached hydrogens (primary N) is 1. The molecule has 0 aliphatic rings. The maximum atomic E-state index is 6.09. The van der Waals surface area contributed by atoms with Crippen molar-refractivity contribution in [1.82, 2.24) is 0 Å². The summed E-state index contributed by atoms with van der Waals surface area (Å²) in [5.41, 5.74) is 6.09. The SMILES string of the molecule is CCCCCC(N)c1sccc1OC. The van der Waals surface area contributed by atoms with Gasteiger partial charge in [0.25, 0.3) is 0 Å². The molecule has 80 valence electrons. The monoisotopic (exact) mass is 213 g/mol. The van der Waals surface area contributed by atoms with Gasteiger partial charge in [0.1, 0.15) is 5.75 Å². The second kappa shape index (κ2) is 6.04. The zero-order chi connectivity index (χ0) is 10.4. The Kier molecular flexibility index (Phi) is 4.98. The molecule has 0 amide bonds. The molecule has 0 bridgehead atoms. The van der Waals surface area contributed by atoms with E-state index in [2.05, 4.69) is 6.92 Å². The molecule has 0 aliphatic heterocycles. The van der Waals surface area contributed by atoms with Crippen molar-refractivity contribution in [2.24, 2.45) is 5.73 Å². The molecule has 1 aromatic rings. The maximum Gasteiger partial charge on any atom is 0.134 e. The largest absolute Gasteiger partial charge is 0.496 e. The molecule has 0 fully saturated rings. The fraction of sp³-hybridized carbons (Fsp3) is 0.636. The van der Waals surface area contributed by atoms with Crippen molar-refractivity contribution in [2.45, 2.75) is 38.6 Å². The lowest BCUT2D eigenvalue weighted by Crippen LogP contribution is -2.09. The lowest BCUT2D eigenvalue weighted by Gasteiger charge is -2.11. The van der Waals surface area contributed by atoms with Crippen LogP contribution in [0.4, 0.5) is 0 Å². The molecule has 1 aromatic heterocycles. The average molecular weight is 213 g/mol. The minimum Gasteiger partial charge on any atom is -0.496 e. The molecule has 0 aliphatic carbocycles. The van der Waals surface area contributed by atoms with Gasteiger partial charge in [0.15, 0.2) is 0 Å². The van der Waals surface area contributed by atoms with Crippen molar-refractivity contribution in [3.05, 3.63) is 16.3 Å². The molecule has 1 rings (SSSR count). The Morgan fingerprint density at radius 3 is 2.93 bits per heavy atom. The first kappa shape index (κ1) is 11.5. The Bertz CT molecular complexity index is 260. The minimum absolute atomic E-state index is 0.150. The summed E-state index contributed by atoms with van der Waals surface area (Å²) in [5.74, 6) is 0.944. The van der Waals surface area contributed by atoms with E-state index < -0.39 is 0 Å². The van der Waals surface area contributed by atoms with E-state index >= 15 is 0 Å². The van der Waals surface area contributed by atoms with Crippen molar-refractivity contribution in [3.63, 3.8) is 0 Å². The van der Waals surface area contributed by atoms with Crippen LogP contribution < -0.4 is 10.5 Å². The van der Waals surface area contributed by atoms with Crippen LogP contribution in [0.15, 0.2) is 11.4 Å². The van der Waals surface area contributed by atoms with Crippen molar-refractivity contribution in [2.75, 3.05) is 7.11 Å². The molecule has 3 heteroatoms. The van der Waals surface area contributed by atoms with E-state index in [1.165, 1.54) is 24.1 Å². The topological polar surface area (TPSA) is 35.2 Å². The van der Waals surface area contributed by atoms with E-state index in [1.807, 2.05) is 11.4 Å². The molecule has 0 spiro atoms. The molecule has 14 heavy (non-hydrogen) atoms. The van der Waals surface area contributed by atoms with Gasteiger partial charge in [0, 0.05) is 6.04 Å². The first-order valence-electron chi connectivity index (χ1n) is 5.16. The van der Waals surface area contributed by atoms with E-state index in [4.69, 9.17) is 10.5 Å². The molecule has 0 radical (unpaired) electrons. The highest BCUT2D eigenvalue weighted by atomic mass is 32.1. The van der Waals surface area contributed by atoms with E-state index in [1.54, 1.807) is 18.4 Å². The molecule has 2 N–H and O–H groups in total. The minimum atomic E-state index is 0.150. The van der Waals surface area contributed by atoms with Crippen LogP contribution in [0.1, 0.15) is 43.5 Å². The Hall–Kier alpha value is -0.540. The van der Waals surface area contributed by atoms with Crippen molar-refractivity contribution in [1.29, 1.82) is 0 Å². The summed E-state index contributed by atoms with van der Waals surface area (Å²) in [5, 5.41) is 2.04. The molecule has 0 aromatic carbocycles. The fourth-order valence-electron chi connectivity index (χ4n) is 1.49. The second-order valence-corrected chi connectivity index (χ2v) is 4.40. The summed E-state index contributed by atoms with van der Waals surface area (Å²) in [7, 11) is 1.70. The zero-order valence-corrected chi connectivity index (χ0v) is 9.77. The molecule has 1 unspecified atom stereocenters. The Morgan fingerprint density at radius 2 is 2.29 bits per heavy atom. The number of hydrogen-bond acceptors (Lipinski definition) is 3. The van der Waals surface area contributed by atoms with Crippen LogP contribution in [0.2, 0.25) is 0 Å². The molecule has 2 nitrogen and oxygen atoms in total. The van der Waals surface area contributed by atoms with Crippen LogP contribution in [-0.2, 0) is 0 Å². The van der Waals surface area contributed by atoms with Crippen molar-refractivity contribution in [3.8, 4) is 5.75 Å². The Labute approximate surface area is 90.1 Å². The molecule has 0 saturated heterocycles. The molecular formula is C11H19NOS. The molecular weight excluding hydrogens is 194 g/mol. The average Bonchev–Trinajstić information content (AvgIpc) is 2.65. The van der Waals surface area contributed by atoms with E-state index in [0.29, 0.717) is 0 Å². The fourth-order valence-corrected chi connectivity index (χ4v) is 2.39. The van der Waals surface area contributed by atoms with E-state index in [9.17, 15) is 0 Å². The van der Waals surface area contributed by atoms with Gasteiger partial charge in [-0.05, 0) is 17.9 Å². The summed E-state index contributed by atoms with van der Waals surface area (Å²) < 4.78 is 5.24. The predicted octanol–water partition coefficient (Wildman–Crippen LogP) is 3.34. The summed E-state index contributed by atoms with van der Waals surface area (Å²) in [6.45, 7) is 2.21. The van der Waals surface area contributed by atoms with Crippen LogP contribution in [0.3, 0.4) is 0 Å². The summed E-state index contributed by atoms with van der Waals surface area (Å²) in [6, 6.07) is 2.14. The van der Waals surface area contributed by atoms with Gasteiger partial charge in [-0.25, -0.2) is 0 Å². The van der Waals surface area contributed by atoms with Gasteiger partial charge in [0.2, 0.25) is 0 Å². The Morgan fingerprint density at radius 1 is 1.50 bits per heavy atom. The summed E-state index contributed by atoms with van der Waals surface area (Å²) in [6.07, 6.45) is 4.78. The van der Waals surface area contributed by atoms with Gasteiger partial charge >= 0.3 is 0 Å². The number of methoxy groups -OCH3 is 1. The van der Waals surface area contributed by atoms with Crippen LogP contribution in [0, 0.1) is 0 Å². The third-order valence-corrected chi connectivity index (χ3v) is 3.36. The maximum absolute atomic E-state index is 6.09. The van der Waals surface area contributed by atoms with Gasteiger partial charge in [-0.2, -0.15) is 0 Å². The van der Waals surface area contributed by atoms with E-state index in [0.717, 1.165) is 12.2 Å².